The molecule has 4 aromatic rings. The van der Waals surface area contributed by atoms with Crippen molar-refractivity contribution in [1.29, 1.82) is 0 Å². The minimum atomic E-state index is 0. The summed E-state index contributed by atoms with van der Waals surface area (Å²) in [5.74, 6) is 3.27. The first-order valence-electron chi connectivity index (χ1n) is 20.1. The van der Waals surface area contributed by atoms with Gasteiger partial charge in [0.05, 0.1) is 0 Å². The van der Waals surface area contributed by atoms with Crippen molar-refractivity contribution in [2.45, 2.75) is 125 Å². The second-order valence-electron chi connectivity index (χ2n) is 19.0. The molecule has 54 heavy (non-hydrogen) atoms. The Hall–Kier alpha value is -2.18. The molecule has 11 rings (SSSR count). The van der Waals surface area contributed by atoms with E-state index in [1.54, 1.807) is 49.7 Å². The zero-order chi connectivity index (χ0) is 36.7. The summed E-state index contributed by atoms with van der Waals surface area (Å²) in [6.45, 7) is 20.4. The fraction of sp³-hybridized carbons (Fsp3) is 0.451. The van der Waals surface area contributed by atoms with Gasteiger partial charge in [-0.25, -0.2) is 11.6 Å². The van der Waals surface area contributed by atoms with E-state index in [4.69, 9.17) is 0 Å². The van der Waals surface area contributed by atoms with Gasteiger partial charge in [0.15, 0.2) is 0 Å². The fourth-order valence-corrected chi connectivity index (χ4v) is 12.3. The third kappa shape index (κ3) is 7.75. The second kappa shape index (κ2) is 15.3. The number of rotatable bonds is 3. The van der Waals surface area contributed by atoms with E-state index in [0.717, 1.165) is 24.2 Å². The molecular formula is C51H58Cl2Zr-2. The van der Waals surface area contributed by atoms with Crippen LogP contribution in [0.4, 0.5) is 0 Å². The number of fused-ring (bicyclic) bond motifs is 5. The standard InChI is InChI=1S/C25H25.C18H25.C8H8.2ClH.Zr/c1-14-12-24(3,4)22-8-16-7-17-9-23-19(15(2)13-25(23,5)6)11-21(17)20(16)10-18(14)22;1-12-3-13(2)17(4-12)11-18-8-14-5-15(9-18)7-16(6-14)10-18;1-2-8-6-4-3-5-7-8;;;/h8-12H,7H2,1-6H3;3-4,14-16H,5-11H2,1-2H3;3-7H,1H3;2*1H;/q2*-1;;;;+2/p-2. The molecule has 0 unspecified atom stereocenters. The molecule has 0 atom stereocenters. The van der Waals surface area contributed by atoms with Crippen LogP contribution in [0.2, 0.25) is 0 Å². The monoisotopic (exact) mass is 830 g/mol. The number of aryl methyl sites for hydroxylation is 2. The van der Waals surface area contributed by atoms with Crippen LogP contribution >= 0.6 is 0 Å². The molecule has 3 heteroatoms. The number of hydrogen-bond acceptors (Lipinski definition) is 0. The van der Waals surface area contributed by atoms with Crippen molar-refractivity contribution < 1.29 is 49.0 Å². The van der Waals surface area contributed by atoms with E-state index in [2.05, 4.69) is 135 Å². The molecule has 4 fully saturated rings. The SMILES string of the molecule is CC1=[C-]C(C)(C)c2cc3c(cc21)-c1cc2c(cc1C3)C(C)(C)C=C2C.C[C](=[Zr+2])c1ccccc1.Cc1cc(CC23CC4CC(CC(C4)C2)C3)c(C)[cH-]1.[Cl-].[Cl-]. The van der Waals surface area contributed by atoms with Crippen LogP contribution < -0.4 is 24.8 Å². The summed E-state index contributed by atoms with van der Waals surface area (Å²) >= 11 is 1.51. The summed E-state index contributed by atoms with van der Waals surface area (Å²) in [6, 6.07) is 25.1. The van der Waals surface area contributed by atoms with Crippen molar-refractivity contribution in [3.05, 3.63) is 135 Å². The summed E-state index contributed by atoms with van der Waals surface area (Å²) in [4.78, 5) is 0. The Bertz CT molecular complexity index is 2020. The van der Waals surface area contributed by atoms with Crippen molar-refractivity contribution in [3.8, 4) is 11.1 Å². The summed E-state index contributed by atoms with van der Waals surface area (Å²) in [5.41, 5.74) is 21.3. The first kappa shape index (κ1) is 41.5. The zero-order valence-corrected chi connectivity index (χ0v) is 38.0. The molecule has 282 valence electrons. The topological polar surface area (TPSA) is 0 Å². The molecule has 4 saturated carbocycles. The van der Waals surface area contributed by atoms with Gasteiger partial charge < -0.3 is 24.8 Å². The second-order valence-corrected chi connectivity index (χ2v) is 20.9. The Morgan fingerprint density at radius 2 is 1.30 bits per heavy atom. The predicted molar refractivity (Wildman–Crippen MR) is 219 cm³/mol. The fourth-order valence-electron chi connectivity index (χ4n) is 11.9. The molecule has 0 saturated heterocycles. The van der Waals surface area contributed by atoms with Gasteiger partial charge in [0, 0.05) is 5.41 Å². The van der Waals surface area contributed by atoms with Gasteiger partial charge in [-0.2, -0.15) is 28.3 Å². The van der Waals surface area contributed by atoms with Crippen molar-refractivity contribution in [2.24, 2.45) is 23.2 Å². The van der Waals surface area contributed by atoms with Crippen LogP contribution in [0.15, 0.2) is 72.8 Å². The smallest absolute Gasteiger partial charge is 0.0363 e. The summed E-state index contributed by atoms with van der Waals surface area (Å²) < 4.78 is 1.46. The Kier molecular flexibility index (Phi) is 11.7. The van der Waals surface area contributed by atoms with Crippen LogP contribution in [0.1, 0.15) is 143 Å². The van der Waals surface area contributed by atoms with E-state index in [9.17, 15) is 0 Å². The van der Waals surface area contributed by atoms with Crippen LogP contribution in [0.3, 0.4) is 0 Å². The van der Waals surface area contributed by atoms with Gasteiger partial charge >= 0.3 is 70.3 Å². The summed E-state index contributed by atoms with van der Waals surface area (Å²) in [5, 5.41) is 0. The minimum absolute atomic E-state index is 0. The van der Waals surface area contributed by atoms with Gasteiger partial charge in [0.25, 0.3) is 0 Å². The van der Waals surface area contributed by atoms with Gasteiger partial charge in [0.1, 0.15) is 0 Å². The van der Waals surface area contributed by atoms with Crippen molar-refractivity contribution in [3.63, 3.8) is 0 Å². The predicted octanol–water partition coefficient (Wildman–Crippen LogP) is 7.01. The molecule has 0 N–H and O–H groups in total. The maximum absolute atomic E-state index is 3.65. The van der Waals surface area contributed by atoms with E-state index in [1.807, 2.05) is 6.07 Å². The van der Waals surface area contributed by atoms with Gasteiger partial charge in [0.2, 0.25) is 0 Å². The van der Waals surface area contributed by atoms with Crippen LogP contribution in [0.25, 0.3) is 22.3 Å². The van der Waals surface area contributed by atoms with E-state index in [-0.39, 0.29) is 35.6 Å². The molecule has 0 nitrogen and oxygen atoms in total. The molecule has 0 aromatic heterocycles. The molecule has 0 amide bonds. The molecule has 0 radical (unpaired) electrons. The third-order valence-corrected chi connectivity index (χ3v) is 14.4. The number of allylic oxidation sites excluding steroid dienone is 4. The maximum Gasteiger partial charge on any atom is -0.0363 e. The molecule has 4 bridgehead atoms. The number of hydrogen-bond donors (Lipinski definition) is 0. The van der Waals surface area contributed by atoms with Gasteiger partial charge in [-0.1, -0.05) is 78.5 Å². The van der Waals surface area contributed by atoms with Gasteiger partial charge in [-0.05, 0) is 120 Å². The summed E-state index contributed by atoms with van der Waals surface area (Å²) in [7, 11) is 0. The van der Waals surface area contributed by atoms with E-state index < -0.39 is 0 Å². The first-order valence-corrected chi connectivity index (χ1v) is 21.3. The maximum atomic E-state index is 3.65. The minimum Gasteiger partial charge on any atom is -1.00 e. The Labute approximate surface area is 354 Å². The molecule has 0 aliphatic heterocycles. The van der Waals surface area contributed by atoms with Crippen LogP contribution in [0, 0.1) is 43.1 Å². The number of halogens is 2. The molecule has 7 aliphatic carbocycles. The Morgan fingerprint density at radius 1 is 0.741 bits per heavy atom. The molecule has 0 spiro atoms. The first-order chi connectivity index (χ1) is 24.6. The van der Waals surface area contributed by atoms with E-state index in [0.29, 0.717) is 5.41 Å². The molecule has 7 aliphatic rings. The Morgan fingerprint density at radius 3 is 1.81 bits per heavy atom. The average molecular weight is 833 g/mol. The normalized spacial score (nSPS) is 24.9. The van der Waals surface area contributed by atoms with Gasteiger partial charge in [-0.15, -0.1) is 11.6 Å². The molecule has 4 aromatic carbocycles. The van der Waals surface area contributed by atoms with Crippen LogP contribution in [-0.2, 0) is 47.9 Å². The average Bonchev–Trinajstić information content (AvgIpc) is 3.72. The van der Waals surface area contributed by atoms with Crippen molar-refractivity contribution >= 4 is 14.4 Å². The third-order valence-electron chi connectivity index (χ3n) is 13.7. The molecular weight excluding hydrogens is 775 g/mol. The number of benzene rings is 3. The Balaban J connectivity index is 0.000000150. The van der Waals surface area contributed by atoms with E-state index in [1.165, 1.54) is 101 Å². The quantitative estimate of drug-likeness (QED) is 0.172. The van der Waals surface area contributed by atoms with E-state index >= 15 is 0 Å². The molecule has 0 heterocycles. The van der Waals surface area contributed by atoms with Crippen LogP contribution in [-0.4, -0.2) is 3.21 Å². The van der Waals surface area contributed by atoms with Crippen LogP contribution in [0.5, 0.6) is 0 Å². The summed E-state index contributed by atoms with van der Waals surface area (Å²) in [6.07, 6.45) is 17.9. The van der Waals surface area contributed by atoms with Crippen molar-refractivity contribution in [2.75, 3.05) is 0 Å². The van der Waals surface area contributed by atoms with Gasteiger partial charge in [-0.3, -0.25) is 6.08 Å². The zero-order valence-electron chi connectivity index (χ0n) is 34.1. The van der Waals surface area contributed by atoms with Crippen molar-refractivity contribution in [1.82, 2.24) is 0 Å². The largest absolute Gasteiger partial charge is 1.00 e.